The fourth-order valence-electron chi connectivity index (χ4n) is 4.76. The molecular formula is C30H40FN5O6. The van der Waals surface area contributed by atoms with Gasteiger partial charge in [-0.2, -0.15) is 0 Å². The third-order valence-corrected chi connectivity index (χ3v) is 7.20. The maximum absolute atomic E-state index is 13.9. The van der Waals surface area contributed by atoms with Crippen LogP contribution in [-0.2, 0) is 14.3 Å². The molecule has 0 unspecified atom stereocenters. The molecule has 42 heavy (non-hydrogen) atoms. The summed E-state index contributed by atoms with van der Waals surface area (Å²) in [5, 5.41) is 14.2. The zero-order chi connectivity index (χ0) is 30.8. The fraction of sp³-hybridized carbons (Fsp3) is 0.467. The molecule has 228 valence electrons. The average molecular weight is 586 g/mol. The van der Waals surface area contributed by atoms with E-state index in [0.717, 1.165) is 18.0 Å². The number of nitrogens with zero attached hydrogens (tertiary/aromatic N) is 2. The lowest BCUT2D eigenvalue weighted by atomic mass is 10.0. The number of fused-ring (bicyclic) bond motifs is 1. The number of hydrogen-bond donors (Lipinski definition) is 4. The quantitative estimate of drug-likeness (QED) is 0.196. The number of anilines is 1. The second kappa shape index (κ2) is 15.3. The molecule has 0 bridgehead atoms. The molecule has 3 rings (SSSR count). The summed E-state index contributed by atoms with van der Waals surface area (Å²) < 4.78 is 19.4. The van der Waals surface area contributed by atoms with Crippen molar-refractivity contribution in [3.8, 4) is 0 Å². The van der Waals surface area contributed by atoms with Crippen molar-refractivity contribution in [3.63, 3.8) is 0 Å². The van der Waals surface area contributed by atoms with E-state index in [4.69, 9.17) is 9.84 Å². The molecule has 4 N–H and O–H groups in total. The molecule has 0 fully saturated rings. The molecule has 0 spiro atoms. The van der Waals surface area contributed by atoms with Crippen molar-refractivity contribution in [1.82, 2.24) is 20.1 Å². The average Bonchev–Trinajstić information content (AvgIpc) is 3.41. The van der Waals surface area contributed by atoms with E-state index in [1.165, 1.54) is 18.2 Å². The Hall–Kier alpha value is -4.03. The van der Waals surface area contributed by atoms with Gasteiger partial charge in [-0.3, -0.25) is 14.4 Å². The Morgan fingerprint density at radius 2 is 1.86 bits per heavy atom. The van der Waals surface area contributed by atoms with Crippen molar-refractivity contribution in [2.75, 3.05) is 51.3 Å². The van der Waals surface area contributed by atoms with Gasteiger partial charge in [-0.1, -0.05) is 13.8 Å². The van der Waals surface area contributed by atoms with Crippen LogP contribution in [0, 0.1) is 19.7 Å². The Bertz CT molecular complexity index is 1330. The number of H-pyrrole nitrogens is 1. The van der Waals surface area contributed by atoms with Crippen LogP contribution in [-0.4, -0.2) is 89.6 Å². The molecule has 0 aliphatic carbocycles. The number of carbonyl (C=O) groups is 4. The van der Waals surface area contributed by atoms with Crippen LogP contribution in [0.15, 0.2) is 18.2 Å². The van der Waals surface area contributed by atoms with Crippen LogP contribution in [0.5, 0.6) is 0 Å². The van der Waals surface area contributed by atoms with Gasteiger partial charge in [0.25, 0.3) is 11.8 Å². The van der Waals surface area contributed by atoms with Gasteiger partial charge in [0.05, 0.1) is 24.4 Å². The van der Waals surface area contributed by atoms with Crippen LogP contribution in [0.3, 0.4) is 0 Å². The summed E-state index contributed by atoms with van der Waals surface area (Å²) in [6, 6.07) is 4.05. The molecule has 0 radical (unpaired) electrons. The summed E-state index contributed by atoms with van der Waals surface area (Å²) >= 11 is 0. The largest absolute Gasteiger partial charge is 0.449 e. The number of aryl methyl sites for hydroxylation is 1. The van der Waals surface area contributed by atoms with Gasteiger partial charge in [-0.25, -0.2) is 14.1 Å². The normalized spacial score (nSPS) is 13.3. The van der Waals surface area contributed by atoms with Gasteiger partial charge in [-0.15, -0.1) is 0 Å². The summed E-state index contributed by atoms with van der Waals surface area (Å²) in [5.41, 5.74) is 3.04. The predicted molar refractivity (Wildman–Crippen MR) is 157 cm³/mol. The summed E-state index contributed by atoms with van der Waals surface area (Å²) in [4.78, 5) is 57.4. The van der Waals surface area contributed by atoms with Gasteiger partial charge in [0.15, 0.2) is 0 Å². The van der Waals surface area contributed by atoms with Gasteiger partial charge in [0.1, 0.15) is 5.82 Å². The zero-order valence-electron chi connectivity index (χ0n) is 24.6. The minimum Gasteiger partial charge on any atom is -0.449 e. The van der Waals surface area contributed by atoms with Crippen molar-refractivity contribution in [2.45, 2.75) is 47.0 Å². The SMILES string of the molecule is CCN(CC)CCN(C(=O)OCCCCNC(=O)CCO)C(=O)c1c(C)[nH]c(/C=C2\C(=O)Nc3ccc(F)cc32)c1C. The number of amides is 4. The van der Waals surface area contributed by atoms with Crippen LogP contribution in [0.25, 0.3) is 11.6 Å². The van der Waals surface area contributed by atoms with Crippen LogP contribution in [0.2, 0.25) is 0 Å². The maximum Gasteiger partial charge on any atom is 0.416 e. The van der Waals surface area contributed by atoms with Crippen LogP contribution < -0.4 is 10.6 Å². The molecule has 0 saturated heterocycles. The number of hydrogen-bond acceptors (Lipinski definition) is 7. The highest BCUT2D eigenvalue weighted by molar-refractivity contribution is 6.35. The molecule has 4 amide bonds. The highest BCUT2D eigenvalue weighted by Crippen LogP contribution is 2.34. The van der Waals surface area contributed by atoms with E-state index in [1.54, 1.807) is 19.9 Å². The first-order valence-electron chi connectivity index (χ1n) is 14.2. The number of aromatic nitrogens is 1. The topological polar surface area (TPSA) is 144 Å². The molecule has 0 atom stereocenters. The minimum atomic E-state index is -0.768. The molecule has 1 aliphatic heterocycles. The second-order valence-electron chi connectivity index (χ2n) is 9.99. The number of imide groups is 1. The lowest BCUT2D eigenvalue weighted by Gasteiger charge is -2.25. The highest BCUT2D eigenvalue weighted by Gasteiger charge is 2.30. The van der Waals surface area contributed by atoms with Gasteiger partial charge < -0.3 is 30.4 Å². The number of halogens is 1. The third-order valence-electron chi connectivity index (χ3n) is 7.20. The number of benzene rings is 1. The number of rotatable bonds is 14. The lowest BCUT2D eigenvalue weighted by Crippen LogP contribution is -2.43. The van der Waals surface area contributed by atoms with Gasteiger partial charge in [0, 0.05) is 48.7 Å². The first-order chi connectivity index (χ1) is 20.1. The van der Waals surface area contributed by atoms with E-state index >= 15 is 0 Å². The first-order valence-corrected chi connectivity index (χ1v) is 14.2. The molecule has 11 nitrogen and oxygen atoms in total. The third kappa shape index (κ3) is 8.04. The summed E-state index contributed by atoms with van der Waals surface area (Å²) in [6.45, 7) is 9.74. The first kappa shape index (κ1) is 32.5. The molecule has 1 aromatic carbocycles. The van der Waals surface area contributed by atoms with Gasteiger partial charge in [0.2, 0.25) is 5.91 Å². The second-order valence-corrected chi connectivity index (χ2v) is 9.99. The van der Waals surface area contributed by atoms with Crippen molar-refractivity contribution in [3.05, 3.63) is 52.1 Å². The van der Waals surface area contributed by atoms with E-state index in [-0.39, 0.29) is 43.6 Å². The minimum absolute atomic E-state index is 0.0362. The molecule has 1 aliphatic rings. The molecule has 1 aromatic heterocycles. The van der Waals surface area contributed by atoms with Crippen molar-refractivity contribution < 1.29 is 33.4 Å². The Labute approximate surface area is 245 Å². The van der Waals surface area contributed by atoms with E-state index in [1.807, 2.05) is 13.8 Å². The number of aliphatic hydroxyl groups is 1. The Morgan fingerprint density at radius 3 is 2.55 bits per heavy atom. The number of ether oxygens (including phenoxy) is 1. The highest BCUT2D eigenvalue weighted by atomic mass is 19.1. The fourth-order valence-corrected chi connectivity index (χ4v) is 4.76. The summed E-state index contributed by atoms with van der Waals surface area (Å²) in [7, 11) is 0. The number of aliphatic hydroxyl groups excluding tert-OH is 1. The standard InChI is InChI=1S/C30H40FN5O6/c1-5-35(6-2)13-14-36(30(41)42-16-8-7-12-32-26(38)11-15-37)29(40)27-19(3)25(33-20(27)4)18-23-22-17-21(31)9-10-24(22)34-28(23)39/h9-10,17-18,33,37H,5-8,11-16H2,1-4H3,(H,32,38)(H,34,39)/b23-18-. The van der Waals surface area contributed by atoms with Gasteiger partial charge in [-0.05, 0) is 69.6 Å². The van der Waals surface area contributed by atoms with E-state index < -0.39 is 17.8 Å². The van der Waals surface area contributed by atoms with Crippen LogP contribution in [0.4, 0.5) is 14.9 Å². The van der Waals surface area contributed by atoms with Crippen molar-refractivity contribution >= 4 is 41.2 Å². The summed E-state index contributed by atoms with van der Waals surface area (Å²) in [6.07, 6.45) is 1.89. The monoisotopic (exact) mass is 585 g/mol. The van der Waals surface area contributed by atoms with E-state index in [9.17, 15) is 23.6 Å². The zero-order valence-corrected chi connectivity index (χ0v) is 24.6. The number of carbonyl (C=O) groups excluding carboxylic acids is 4. The number of unbranched alkanes of at least 4 members (excludes halogenated alkanes) is 1. The van der Waals surface area contributed by atoms with Crippen molar-refractivity contribution in [2.24, 2.45) is 0 Å². The number of likely N-dealkylation sites (N-methyl/N-ethyl adjacent to an activating group) is 1. The van der Waals surface area contributed by atoms with Crippen LogP contribution in [0.1, 0.15) is 66.0 Å². The lowest BCUT2D eigenvalue weighted by molar-refractivity contribution is -0.121. The Morgan fingerprint density at radius 1 is 1.12 bits per heavy atom. The van der Waals surface area contributed by atoms with E-state index in [0.29, 0.717) is 59.7 Å². The van der Waals surface area contributed by atoms with E-state index in [2.05, 4.69) is 20.5 Å². The molecule has 2 heterocycles. The van der Waals surface area contributed by atoms with Crippen molar-refractivity contribution in [1.29, 1.82) is 0 Å². The maximum atomic E-state index is 13.9. The molecule has 0 saturated carbocycles. The Balaban J connectivity index is 1.78. The smallest absolute Gasteiger partial charge is 0.416 e. The predicted octanol–water partition coefficient (Wildman–Crippen LogP) is 3.46. The summed E-state index contributed by atoms with van der Waals surface area (Å²) in [5.74, 6) is -1.63. The molecule has 12 heteroatoms. The molecular weight excluding hydrogens is 545 g/mol. The number of aromatic amines is 1. The van der Waals surface area contributed by atoms with Gasteiger partial charge >= 0.3 is 6.09 Å². The number of nitrogens with one attached hydrogen (secondary N) is 3. The van der Waals surface area contributed by atoms with Crippen LogP contribution >= 0.6 is 0 Å². The Kier molecular flexibility index (Phi) is 11.8. The molecule has 2 aromatic rings.